The zero-order chi connectivity index (χ0) is 18.5. The molecule has 4 heterocycles. The van der Waals surface area contributed by atoms with Crippen molar-refractivity contribution in [2.45, 2.75) is 32.3 Å². The van der Waals surface area contributed by atoms with Crippen LogP contribution < -0.4 is 5.32 Å². The van der Waals surface area contributed by atoms with Crippen LogP contribution in [0.2, 0.25) is 0 Å². The van der Waals surface area contributed by atoms with Gasteiger partial charge in [-0.1, -0.05) is 19.1 Å². The Balaban J connectivity index is 1.56. The maximum Gasteiger partial charge on any atom is 0.205 e. The molecular weight excluding hydrogens is 360 g/mol. The van der Waals surface area contributed by atoms with E-state index in [4.69, 9.17) is 14.1 Å². The van der Waals surface area contributed by atoms with E-state index in [2.05, 4.69) is 40.2 Å². The highest BCUT2D eigenvalue weighted by atomic mass is 32.1. The van der Waals surface area contributed by atoms with Crippen LogP contribution in [0.3, 0.4) is 0 Å². The van der Waals surface area contributed by atoms with Crippen molar-refractivity contribution in [3.8, 4) is 10.6 Å². The Morgan fingerprint density at radius 3 is 2.93 bits per heavy atom. The van der Waals surface area contributed by atoms with Gasteiger partial charge in [0.15, 0.2) is 12.5 Å². The van der Waals surface area contributed by atoms with Gasteiger partial charge < -0.3 is 14.5 Å². The van der Waals surface area contributed by atoms with Crippen LogP contribution in [0.5, 0.6) is 0 Å². The highest BCUT2D eigenvalue weighted by Gasteiger charge is 2.42. The average molecular weight is 385 g/mol. The molecule has 0 spiro atoms. The van der Waals surface area contributed by atoms with Crippen LogP contribution in [0.15, 0.2) is 28.7 Å². The van der Waals surface area contributed by atoms with Crippen LogP contribution in [0.4, 0.5) is 5.88 Å². The molecule has 27 heavy (non-hydrogen) atoms. The van der Waals surface area contributed by atoms with E-state index in [0.717, 1.165) is 53.8 Å². The standard InChI is InChI=1S/C20H24N4O2S/c1-4-24-10-9-12-14(11-24)25-17(22-18-20(26-18)23(2)3)16(12)19-21-13-7-5-6-8-15(13)27-19/h5-8,18,20,22H,4,9-11H2,1-3H3. The Morgan fingerprint density at radius 2 is 2.19 bits per heavy atom. The fourth-order valence-corrected chi connectivity index (χ4v) is 4.80. The number of aromatic nitrogens is 1. The Hall–Kier alpha value is -1.93. The van der Waals surface area contributed by atoms with Gasteiger partial charge in [-0.2, -0.15) is 0 Å². The van der Waals surface area contributed by atoms with Gasteiger partial charge in [-0.15, -0.1) is 11.3 Å². The third kappa shape index (κ3) is 3.04. The SMILES string of the molecule is CCN1CCc2c(oc(NC3OC3N(C)C)c2-c2nc3ccccc3s2)C1. The lowest BCUT2D eigenvalue weighted by Crippen LogP contribution is -2.29. The van der Waals surface area contributed by atoms with Crippen LogP contribution in [0.25, 0.3) is 20.8 Å². The van der Waals surface area contributed by atoms with Crippen molar-refractivity contribution in [3.05, 3.63) is 35.6 Å². The molecule has 0 aliphatic carbocycles. The first kappa shape index (κ1) is 17.2. The lowest BCUT2D eigenvalue weighted by Gasteiger charge is -2.24. The van der Waals surface area contributed by atoms with Crippen molar-refractivity contribution in [1.29, 1.82) is 0 Å². The largest absolute Gasteiger partial charge is 0.443 e. The molecule has 2 aliphatic rings. The fourth-order valence-electron chi connectivity index (χ4n) is 3.77. The summed E-state index contributed by atoms with van der Waals surface area (Å²) in [5.41, 5.74) is 3.46. The second kappa shape index (κ2) is 6.60. The minimum Gasteiger partial charge on any atom is -0.443 e. The fraction of sp³-hybridized carbons (Fsp3) is 0.450. The van der Waals surface area contributed by atoms with E-state index in [9.17, 15) is 0 Å². The Labute approximate surface area is 162 Å². The molecule has 7 heteroatoms. The van der Waals surface area contributed by atoms with Gasteiger partial charge in [-0.3, -0.25) is 9.80 Å². The third-order valence-electron chi connectivity index (χ3n) is 5.34. The molecule has 1 saturated heterocycles. The highest BCUT2D eigenvalue weighted by Crippen LogP contribution is 2.43. The van der Waals surface area contributed by atoms with E-state index in [1.807, 2.05) is 20.2 Å². The van der Waals surface area contributed by atoms with Gasteiger partial charge in [-0.05, 0) is 39.2 Å². The first-order valence-corrected chi connectivity index (χ1v) is 10.3. The summed E-state index contributed by atoms with van der Waals surface area (Å²) in [4.78, 5) is 9.38. The Bertz CT molecular complexity index is 947. The van der Waals surface area contributed by atoms with E-state index in [0.29, 0.717) is 0 Å². The maximum absolute atomic E-state index is 6.31. The predicted octanol–water partition coefficient (Wildman–Crippen LogP) is 3.59. The molecule has 0 radical (unpaired) electrons. The number of para-hydroxylation sites is 1. The number of epoxide rings is 1. The molecule has 5 rings (SSSR count). The number of nitrogens with zero attached hydrogens (tertiary/aromatic N) is 3. The summed E-state index contributed by atoms with van der Waals surface area (Å²) < 4.78 is 13.2. The highest BCUT2D eigenvalue weighted by molar-refractivity contribution is 7.21. The van der Waals surface area contributed by atoms with Crippen molar-refractivity contribution in [3.63, 3.8) is 0 Å². The van der Waals surface area contributed by atoms with E-state index in [1.54, 1.807) is 11.3 Å². The van der Waals surface area contributed by atoms with Crippen molar-refractivity contribution < 1.29 is 9.15 Å². The molecule has 3 aromatic rings. The molecule has 2 aromatic heterocycles. The number of anilines is 1. The normalized spacial score (nSPS) is 22.4. The summed E-state index contributed by atoms with van der Waals surface area (Å²) in [6.07, 6.45) is 1.04. The lowest BCUT2D eigenvalue weighted by molar-refractivity contribution is 0.241. The summed E-state index contributed by atoms with van der Waals surface area (Å²) in [7, 11) is 4.04. The maximum atomic E-state index is 6.31. The van der Waals surface area contributed by atoms with E-state index in [-0.39, 0.29) is 12.5 Å². The number of likely N-dealkylation sites (N-methyl/N-ethyl adjacent to an activating group) is 2. The van der Waals surface area contributed by atoms with Crippen molar-refractivity contribution in [1.82, 2.24) is 14.8 Å². The number of furan rings is 1. The zero-order valence-electron chi connectivity index (χ0n) is 15.9. The number of hydrogen-bond acceptors (Lipinski definition) is 7. The van der Waals surface area contributed by atoms with Crippen LogP contribution in [-0.2, 0) is 17.7 Å². The van der Waals surface area contributed by atoms with Gasteiger partial charge in [-0.25, -0.2) is 4.98 Å². The van der Waals surface area contributed by atoms with Crippen molar-refractivity contribution in [2.75, 3.05) is 32.5 Å². The van der Waals surface area contributed by atoms with Crippen LogP contribution in [0, 0.1) is 0 Å². The van der Waals surface area contributed by atoms with Gasteiger partial charge in [0.1, 0.15) is 10.8 Å². The molecule has 1 fully saturated rings. The molecule has 1 aromatic carbocycles. The van der Waals surface area contributed by atoms with Crippen molar-refractivity contribution >= 4 is 27.4 Å². The Kier molecular flexibility index (Phi) is 4.20. The molecule has 6 nitrogen and oxygen atoms in total. The average Bonchev–Trinajstić information content (AvgIpc) is 3.17. The monoisotopic (exact) mass is 384 g/mol. The summed E-state index contributed by atoms with van der Waals surface area (Å²) in [5.74, 6) is 1.85. The zero-order valence-corrected chi connectivity index (χ0v) is 16.7. The topological polar surface area (TPSA) is 57.1 Å². The van der Waals surface area contributed by atoms with Gasteiger partial charge in [0.05, 0.1) is 22.3 Å². The summed E-state index contributed by atoms with van der Waals surface area (Å²) >= 11 is 1.73. The summed E-state index contributed by atoms with van der Waals surface area (Å²) in [6, 6.07) is 8.29. The molecule has 0 saturated carbocycles. The quantitative estimate of drug-likeness (QED) is 0.679. The third-order valence-corrected chi connectivity index (χ3v) is 6.40. The number of rotatable bonds is 5. The van der Waals surface area contributed by atoms with E-state index in [1.165, 1.54) is 10.3 Å². The van der Waals surface area contributed by atoms with Crippen LogP contribution in [-0.4, -0.2) is 54.4 Å². The van der Waals surface area contributed by atoms with Gasteiger partial charge in [0, 0.05) is 12.1 Å². The summed E-state index contributed by atoms with van der Waals surface area (Å²) in [6.45, 7) is 5.14. The first-order valence-electron chi connectivity index (χ1n) is 9.45. The second-order valence-corrected chi connectivity index (χ2v) is 8.40. The molecular formula is C20H24N4O2S. The van der Waals surface area contributed by atoms with E-state index < -0.39 is 0 Å². The number of hydrogen-bond donors (Lipinski definition) is 1. The number of benzene rings is 1. The molecule has 1 N–H and O–H groups in total. The van der Waals surface area contributed by atoms with Gasteiger partial charge >= 0.3 is 0 Å². The first-order chi connectivity index (χ1) is 13.1. The molecule has 2 atom stereocenters. The number of fused-ring (bicyclic) bond motifs is 2. The molecule has 2 aliphatic heterocycles. The molecule has 142 valence electrons. The smallest absolute Gasteiger partial charge is 0.205 e. The molecule has 0 bridgehead atoms. The van der Waals surface area contributed by atoms with Crippen molar-refractivity contribution in [2.24, 2.45) is 0 Å². The van der Waals surface area contributed by atoms with Gasteiger partial charge in [0.2, 0.25) is 5.88 Å². The number of nitrogens with one attached hydrogen (secondary N) is 1. The van der Waals surface area contributed by atoms with Crippen LogP contribution >= 0.6 is 11.3 Å². The van der Waals surface area contributed by atoms with Gasteiger partial charge in [0.25, 0.3) is 0 Å². The Morgan fingerprint density at radius 1 is 1.33 bits per heavy atom. The van der Waals surface area contributed by atoms with Crippen LogP contribution in [0.1, 0.15) is 18.2 Å². The minimum absolute atomic E-state index is 0.0389. The molecule has 2 unspecified atom stereocenters. The summed E-state index contributed by atoms with van der Waals surface area (Å²) in [5, 5.41) is 4.49. The predicted molar refractivity (Wildman–Crippen MR) is 108 cm³/mol. The second-order valence-electron chi connectivity index (χ2n) is 7.37. The van der Waals surface area contributed by atoms with E-state index >= 15 is 0 Å². The lowest BCUT2D eigenvalue weighted by atomic mass is 10.0. The molecule has 0 amide bonds. The number of thiazole rings is 1. The minimum atomic E-state index is -0.0389. The number of ether oxygens (including phenoxy) is 1.